The van der Waals surface area contributed by atoms with E-state index in [-0.39, 0.29) is 18.7 Å². The van der Waals surface area contributed by atoms with Gasteiger partial charge in [0.1, 0.15) is 16.5 Å². The van der Waals surface area contributed by atoms with Gasteiger partial charge >= 0.3 is 0 Å². The molecule has 2 aliphatic rings. The van der Waals surface area contributed by atoms with Crippen LogP contribution in [0.2, 0.25) is 10.0 Å². The van der Waals surface area contributed by atoms with Crippen LogP contribution in [-0.4, -0.2) is 45.8 Å². The Hall–Kier alpha value is -1.76. The van der Waals surface area contributed by atoms with Crippen LogP contribution in [0.5, 0.6) is 5.75 Å². The third-order valence-electron chi connectivity index (χ3n) is 5.58. The van der Waals surface area contributed by atoms with Gasteiger partial charge in [-0.05, 0) is 50.9 Å². The summed E-state index contributed by atoms with van der Waals surface area (Å²) in [6, 6.07) is 8.28. The van der Waals surface area contributed by atoms with Crippen LogP contribution in [0.25, 0.3) is 0 Å². The summed E-state index contributed by atoms with van der Waals surface area (Å²) in [7, 11) is 2.19. The first-order valence-electron chi connectivity index (χ1n) is 9.14. The zero-order valence-electron chi connectivity index (χ0n) is 15.1. The van der Waals surface area contributed by atoms with E-state index in [2.05, 4.69) is 22.4 Å². The summed E-state index contributed by atoms with van der Waals surface area (Å²) in [5.41, 5.74) is 0.391. The second kappa shape index (κ2) is 7.70. The van der Waals surface area contributed by atoms with Crippen molar-refractivity contribution >= 4 is 29.1 Å². The summed E-state index contributed by atoms with van der Waals surface area (Å²) < 4.78 is 7.20. The van der Waals surface area contributed by atoms with Crippen molar-refractivity contribution in [2.75, 3.05) is 7.05 Å². The van der Waals surface area contributed by atoms with Crippen molar-refractivity contribution in [1.82, 2.24) is 20.0 Å². The lowest BCUT2D eigenvalue weighted by Crippen LogP contribution is -2.48. The van der Waals surface area contributed by atoms with Gasteiger partial charge in [0, 0.05) is 24.3 Å². The lowest BCUT2D eigenvalue weighted by molar-refractivity contribution is 0.0875. The van der Waals surface area contributed by atoms with Crippen LogP contribution in [0.1, 0.15) is 36.2 Å². The van der Waals surface area contributed by atoms with E-state index in [1.165, 1.54) is 12.8 Å². The number of amides is 1. The molecule has 2 saturated heterocycles. The molecule has 1 amide bonds. The molecule has 1 N–H and O–H groups in total. The minimum atomic E-state index is -0.136. The summed E-state index contributed by atoms with van der Waals surface area (Å²) in [5, 5.41) is 8.24. The molecule has 3 heterocycles. The van der Waals surface area contributed by atoms with Crippen LogP contribution in [0.3, 0.4) is 0 Å². The first-order chi connectivity index (χ1) is 13.0. The third kappa shape index (κ3) is 3.93. The first kappa shape index (κ1) is 18.6. The Labute approximate surface area is 168 Å². The van der Waals surface area contributed by atoms with Gasteiger partial charge in [-0.15, -0.1) is 0 Å². The summed E-state index contributed by atoms with van der Waals surface area (Å²) >= 11 is 12.1. The average Bonchev–Trinajstić information content (AvgIpc) is 3.18. The molecule has 0 radical (unpaired) electrons. The summed E-state index contributed by atoms with van der Waals surface area (Å²) in [6.45, 7) is 0.145. The maximum Gasteiger partial charge on any atom is 0.271 e. The molecular weight excluding hydrogens is 387 g/mol. The highest BCUT2D eigenvalue weighted by atomic mass is 35.5. The Morgan fingerprint density at radius 3 is 2.74 bits per heavy atom. The number of hydrogen-bond acceptors (Lipinski definition) is 4. The third-order valence-corrected chi connectivity index (χ3v) is 6.38. The van der Waals surface area contributed by atoms with Gasteiger partial charge in [0.25, 0.3) is 5.91 Å². The summed E-state index contributed by atoms with van der Waals surface area (Å²) in [5.74, 6) is 0.343. The number of aromatic nitrogens is 2. The van der Waals surface area contributed by atoms with E-state index in [9.17, 15) is 4.79 Å². The van der Waals surface area contributed by atoms with Crippen LogP contribution in [0.15, 0.2) is 30.5 Å². The Morgan fingerprint density at radius 2 is 2.00 bits per heavy atom. The van der Waals surface area contributed by atoms with Crippen molar-refractivity contribution in [3.63, 3.8) is 0 Å². The van der Waals surface area contributed by atoms with Gasteiger partial charge in [-0.3, -0.25) is 4.79 Å². The van der Waals surface area contributed by atoms with Gasteiger partial charge in [0.2, 0.25) is 0 Å². The van der Waals surface area contributed by atoms with Gasteiger partial charge in [-0.2, -0.15) is 5.10 Å². The quantitative estimate of drug-likeness (QED) is 0.820. The van der Waals surface area contributed by atoms with Crippen molar-refractivity contribution in [2.45, 2.75) is 50.5 Å². The Bertz CT molecular complexity index is 827. The molecule has 8 heteroatoms. The number of rotatable bonds is 5. The molecule has 6 nitrogen and oxygen atoms in total. The van der Waals surface area contributed by atoms with Gasteiger partial charge in [0.05, 0.1) is 5.02 Å². The highest BCUT2D eigenvalue weighted by Gasteiger charge is 2.38. The van der Waals surface area contributed by atoms with E-state index in [0.717, 1.165) is 12.8 Å². The number of piperidine rings is 1. The zero-order valence-corrected chi connectivity index (χ0v) is 16.6. The van der Waals surface area contributed by atoms with Crippen LogP contribution < -0.4 is 10.1 Å². The fraction of sp³-hybridized carbons (Fsp3) is 0.474. The lowest BCUT2D eigenvalue weighted by Gasteiger charge is -2.36. The van der Waals surface area contributed by atoms with Crippen LogP contribution in [-0.2, 0) is 6.73 Å². The predicted molar refractivity (Wildman–Crippen MR) is 104 cm³/mol. The van der Waals surface area contributed by atoms with Crippen molar-refractivity contribution in [3.05, 3.63) is 46.2 Å². The van der Waals surface area contributed by atoms with E-state index in [1.807, 2.05) is 0 Å². The number of carbonyl (C=O) groups is 1. The van der Waals surface area contributed by atoms with Crippen molar-refractivity contribution in [1.29, 1.82) is 0 Å². The molecule has 2 fully saturated rings. The van der Waals surface area contributed by atoms with Crippen molar-refractivity contribution in [3.8, 4) is 5.75 Å². The van der Waals surface area contributed by atoms with Crippen LogP contribution in [0.4, 0.5) is 0 Å². The van der Waals surface area contributed by atoms with Gasteiger partial charge in [0.15, 0.2) is 6.73 Å². The molecule has 0 aliphatic carbocycles. The number of fused-ring (bicyclic) bond motifs is 2. The van der Waals surface area contributed by atoms with Crippen LogP contribution in [0, 0.1) is 0 Å². The topological polar surface area (TPSA) is 59.4 Å². The minimum Gasteiger partial charge on any atom is -0.470 e. The van der Waals surface area contributed by atoms with E-state index < -0.39 is 0 Å². The highest BCUT2D eigenvalue weighted by molar-refractivity contribution is 6.42. The molecule has 2 unspecified atom stereocenters. The maximum atomic E-state index is 12.5. The fourth-order valence-corrected chi connectivity index (χ4v) is 4.42. The molecule has 2 bridgehead atoms. The number of carbonyl (C=O) groups excluding carboxylic acids is 1. The minimum absolute atomic E-state index is 0.136. The van der Waals surface area contributed by atoms with Gasteiger partial charge < -0.3 is 15.0 Å². The zero-order chi connectivity index (χ0) is 19.0. The smallest absolute Gasteiger partial charge is 0.271 e. The number of nitrogens with zero attached hydrogens (tertiary/aromatic N) is 3. The molecule has 2 aromatic rings. The largest absolute Gasteiger partial charge is 0.470 e. The second-order valence-electron chi connectivity index (χ2n) is 7.26. The Morgan fingerprint density at radius 1 is 1.26 bits per heavy atom. The number of hydrogen-bond donors (Lipinski definition) is 1. The number of nitrogens with one attached hydrogen (secondary N) is 1. The fourth-order valence-electron chi connectivity index (χ4n) is 4.07. The number of ether oxygens (including phenoxy) is 1. The summed E-state index contributed by atoms with van der Waals surface area (Å²) in [4.78, 5) is 15.0. The normalized spacial score (nSPS) is 24.8. The highest BCUT2D eigenvalue weighted by Crippen LogP contribution is 2.34. The standard InChI is InChI=1S/C19H22Cl2N4O2/c1-24-13-5-6-14(24)10-12(9-13)22-19(26)16-7-8-25(23-16)11-27-17-4-2-3-15(20)18(17)21/h2-4,7-8,12-14H,5-6,9-11H2,1H3,(H,22,26). The second-order valence-corrected chi connectivity index (χ2v) is 8.04. The molecule has 1 aromatic heterocycles. The predicted octanol–water partition coefficient (Wildman–Crippen LogP) is 3.58. The van der Waals surface area contributed by atoms with E-state index in [0.29, 0.717) is 33.6 Å². The average molecular weight is 409 g/mol. The Kier molecular flexibility index (Phi) is 5.30. The van der Waals surface area contributed by atoms with E-state index in [1.54, 1.807) is 35.1 Å². The van der Waals surface area contributed by atoms with E-state index >= 15 is 0 Å². The van der Waals surface area contributed by atoms with Gasteiger partial charge in [-0.1, -0.05) is 29.3 Å². The number of benzene rings is 1. The molecule has 0 spiro atoms. The molecular formula is C19H22Cl2N4O2. The van der Waals surface area contributed by atoms with Crippen molar-refractivity contribution in [2.24, 2.45) is 0 Å². The first-order valence-corrected chi connectivity index (χ1v) is 9.90. The molecule has 2 aliphatic heterocycles. The van der Waals surface area contributed by atoms with Gasteiger partial charge in [-0.25, -0.2) is 4.68 Å². The monoisotopic (exact) mass is 408 g/mol. The molecule has 2 atom stereocenters. The summed E-state index contributed by atoms with van der Waals surface area (Å²) in [6.07, 6.45) is 6.19. The lowest BCUT2D eigenvalue weighted by atomic mass is 9.98. The number of halogens is 2. The molecule has 144 valence electrons. The molecule has 4 rings (SSSR count). The van der Waals surface area contributed by atoms with Crippen molar-refractivity contribution < 1.29 is 9.53 Å². The maximum absolute atomic E-state index is 12.5. The Balaban J connectivity index is 1.33. The SMILES string of the molecule is CN1C2CCC1CC(NC(=O)c1ccn(COc3cccc(Cl)c3Cl)n1)C2. The molecule has 1 aromatic carbocycles. The van der Waals surface area contributed by atoms with E-state index in [4.69, 9.17) is 27.9 Å². The molecule has 27 heavy (non-hydrogen) atoms. The van der Waals surface area contributed by atoms with Crippen LogP contribution >= 0.6 is 23.2 Å². The molecule has 0 saturated carbocycles.